The minimum absolute atomic E-state index is 0.0423. The van der Waals surface area contributed by atoms with Crippen LogP contribution in [0.4, 0.5) is 5.69 Å². The van der Waals surface area contributed by atoms with Crippen molar-refractivity contribution in [3.05, 3.63) is 57.2 Å². The van der Waals surface area contributed by atoms with Gasteiger partial charge in [0.25, 0.3) is 11.6 Å². The zero-order valence-electron chi connectivity index (χ0n) is 13.7. The molecule has 2 aromatic rings. The van der Waals surface area contributed by atoms with Crippen molar-refractivity contribution in [2.45, 2.75) is 0 Å². The van der Waals surface area contributed by atoms with E-state index in [9.17, 15) is 14.9 Å². The highest BCUT2D eigenvalue weighted by atomic mass is 32.2. The fourth-order valence-electron chi connectivity index (χ4n) is 2.42. The third kappa shape index (κ3) is 3.69. The number of methoxy groups -OCH3 is 1. The van der Waals surface area contributed by atoms with E-state index >= 15 is 0 Å². The van der Waals surface area contributed by atoms with E-state index in [0.29, 0.717) is 39.5 Å². The molecule has 0 atom stereocenters. The van der Waals surface area contributed by atoms with Crippen molar-refractivity contribution in [2.24, 2.45) is 0 Å². The van der Waals surface area contributed by atoms with Gasteiger partial charge in [-0.25, -0.2) is 0 Å². The Morgan fingerprint density at radius 2 is 2.12 bits per heavy atom. The number of para-hydroxylation sites is 1. The van der Waals surface area contributed by atoms with Crippen molar-refractivity contribution in [2.75, 3.05) is 20.3 Å². The minimum atomic E-state index is -0.460. The van der Waals surface area contributed by atoms with Crippen molar-refractivity contribution in [3.8, 4) is 11.3 Å². The number of hydrogen-bond acceptors (Lipinski definition) is 7. The average Bonchev–Trinajstić information content (AvgIpc) is 3.19. The van der Waals surface area contributed by atoms with Crippen molar-refractivity contribution >= 4 is 46.0 Å². The highest BCUT2D eigenvalue weighted by molar-refractivity contribution is 8.26. The number of amides is 1. The molecule has 7 nitrogen and oxygen atoms in total. The number of nitro groups is 1. The third-order valence-electron chi connectivity index (χ3n) is 3.66. The molecule has 1 aliphatic heterocycles. The molecule has 26 heavy (non-hydrogen) atoms. The van der Waals surface area contributed by atoms with Crippen molar-refractivity contribution < 1.29 is 18.9 Å². The Hall–Kier alpha value is -2.49. The first kappa shape index (κ1) is 18.3. The highest BCUT2D eigenvalue weighted by Gasteiger charge is 2.32. The zero-order chi connectivity index (χ0) is 18.7. The molecule has 1 saturated heterocycles. The van der Waals surface area contributed by atoms with E-state index in [-0.39, 0.29) is 11.6 Å². The summed E-state index contributed by atoms with van der Waals surface area (Å²) < 4.78 is 11.1. The molecule has 2 heterocycles. The summed E-state index contributed by atoms with van der Waals surface area (Å²) in [7, 11) is 1.56. The topological polar surface area (TPSA) is 85.8 Å². The summed E-state index contributed by atoms with van der Waals surface area (Å²) in [6, 6.07) is 9.62. The van der Waals surface area contributed by atoms with Crippen LogP contribution in [0.25, 0.3) is 17.4 Å². The number of rotatable bonds is 6. The summed E-state index contributed by atoms with van der Waals surface area (Å²) in [5, 5.41) is 11.2. The van der Waals surface area contributed by atoms with Crippen LogP contribution in [0.3, 0.4) is 0 Å². The number of nitro benzene ring substituents is 1. The standard InChI is InChI=1S/C17H14N2O5S2/c1-23-9-8-18-16(20)15(26-17(18)25)10-11-6-7-14(24-11)12-4-2-3-5-13(12)19(21)22/h2-7,10H,8-9H2,1H3. The molecule has 1 fully saturated rings. The molecule has 0 aliphatic carbocycles. The number of ether oxygens (including phenoxy) is 1. The van der Waals surface area contributed by atoms with Gasteiger partial charge in [0.1, 0.15) is 15.8 Å². The van der Waals surface area contributed by atoms with Crippen LogP contribution in [0.1, 0.15) is 5.76 Å². The Morgan fingerprint density at radius 3 is 2.85 bits per heavy atom. The molecule has 0 radical (unpaired) electrons. The smallest absolute Gasteiger partial charge is 0.280 e. The highest BCUT2D eigenvalue weighted by Crippen LogP contribution is 2.35. The summed E-state index contributed by atoms with van der Waals surface area (Å²) in [5.41, 5.74) is 0.337. The maximum atomic E-state index is 12.4. The molecule has 0 saturated carbocycles. The predicted molar refractivity (Wildman–Crippen MR) is 103 cm³/mol. The second-order valence-electron chi connectivity index (χ2n) is 5.30. The summed E-state index contributed by atoms with van der Waals surface area (Å²) in [4.78, 5) is 25.0. The molecule has 0 unspecified atom stereocenters. The SMILES string of the molecule is COCCN1C(=O)C(=Cc2ccc(-c3ccccc3[N+](=O)[O-])o2)SC1=S. The van der Waals surface area contributed by atoms with Crippen LogP contribution < -0.4 is 0 Å². The number of nitrogens with zero attached hydrogens (tertiary/aromatic N) is 2. The average molecular weight is 390 g/mol. The summed E-state index contributed by atoms with van der Waals surface area (Å²) in [6.45, 7) is 0.778. The Kier molecular flexibility index (Phi) is 5.50. The summed E-state index contributed by atoms with van der Waals surface area (Å²) in [5.74, 6) is 0.574. The van der Waals surface area contributed by atoms with Gasteiger partial charge in [-0.15, -0.1) is 0 Å². The van der Waals surface area contributed by atoms with Crippen LogP contribution >= 0.6 is 24.0 Å². The molecule has 0 spiro atoms. The van der Waals surface area contributed by atoms with Gasteiger partial charge in [0.05, 0.1) is 28.5 Å². The summed E-state index contributed by atoms with van der Waals surface area (Å²) in [6.07, 6.45) is 1.59. The Morgan fingerprint density at radius 1 is 1.35 bits per heavy atom. The van der Waals surface area contributed by atoms with Crippen LogP contribution in [0.2, 0.25) is 0 Å². The first-order valence-corrected chi connectivity index (χ1v) is 8.81. The fraction of sp³-hybridized carbons (Fsp3) is 0.176. The van der Waals surface area contributed by atoms with E-state index in [2.05, 4.69) is 0 Å². The lowest BCUT2D eigenvalue weighted by molar-refractivity contribution is -0.384. The lowest BCUT2D eigenvalue weighted by Gasteiger charge is -2.12. The number of carbonyl (C=O) groups excluding carboxylic acids is 1. The van der Waals surface area contributed by atoms with Crippen molar-refractivity contribution in [1.29, 1.82) is 0 Å². The Bertz CT molecular complexity index is 906. The largest absolute Gasteiger partial charge is 0.456 e. The van der Waals surface area contributed by atoms with Crippen LogP contribution in [-0.2, 0) is 9.53 Å². The molecule has 3 rings (SSSR count). The Labute approximate surface area is 158 Å². The van der Waals surface area contributed by atoms with E-state index in [1.54, 1.807) is 43.5 Å². The lowest BCUT2D eigenvalue weighted by atomic mass is 10.1. The normalized spacial score (nSPS) is 15.9. The number of benzene rings is 1. The second-order valence-corrected chi connectivity index (χ2v) is 6.98. The van der Waals surface area contributed by atoms with Crippen LogP contribution in [0, 0.1) is 10.1 Å². The van der Waals surface area contributed by atoms with E-state index in [0.717, 1.165) is 0 Å². The van der Waals surface area contributed by atoms with Gasteiger partial charge in [0.2, 0.25) is 0 Å². The molecule has 0 N–H and O–H groups in total. The third-order valence-corrected chi connectivity index (χ3v) is 5.04. The number of thiocarbonyl (C=S) groups is 1. The first-order chi connectivity index (χ1) is 12.5. The molecule has 1 aromatic heterocycles. The van der Waals surface area contributed by atoms with Gasteiger partial charge in [-0.1, -0.05) is 36.1 Å². The van der Waals surface area contributed by atoms with Gasteiger partial charge in [0.15, 0.2) is 0 Å². The molecule has 1 aromatic carbocycles. The van der Waals surface area contributed by atoms with Gasteiger partial charge in [-0.3, -0.25) is 19.8 Å². The van der Waals surface area contributed by atoms with Gasteiger partial charge in [0, 0.05) is 19.3 Å². The number of carbonyl (C=O) groups is 1. The Balaban J connectivity index is 1.85. The van der Waals surface area contributed by atoms with Gasteiger partial charge in [-0.05, 0) is 18.2 Å². The monoisotopic (exact) mass is 390 g/mol. The molecule has 1 amide bonds. The number of thioether (sulfide) groups is 1. The van der Waals surface area contributed by atoms with Gasteiger partial charge in [-0.2, -0.15) is 0 Å². The number of hydrogen-bond donors (Lipinski definition) is 0. The van der Waals surface area contributed by atoms with Crippen LogP contribution in [0.5, 0.6) is 0 Å². The summed E-state index contributed by atoms with van der Waals surface area (Å²) >= 11 is 6.40. The maximum Gasteiger partial charge on any atom is 0.280 e. The molecular formula is C17H14N2O5S2. The maximum absolute atomic E-state index is 12.4. The minimum Gasteiger partial charge on any atom is -0.456 e. The molecular weight excluding hydrogens is 376 g/mol. The van der Waals surface area contributed by atoms with E-state index in [1.165, 1.54) is 22.7 Å². The van der Waals surface area contributed by atoms with Gasteiger partial charge < -0.3 is 9.15 Å². The van der Waals surface area contributed by atoms with E-state index in [1.807, 2.05) is 0 Å². The van der Waals surface area contributed by atoms with Crippen LogP contribution in [0.15, 0.2) is 45.7 Å². The van der Waals surface area contributed by atoms with Gasteiger partial charge >= 0.3 is 0 Å². The molecule has 1 aliphatic rings. The molecule has 134 valence electrons. The molecule has 9 heteroatoms. The van der Waals surface area contributed by atoms with E-state index in [4.69, 9.17) is 21.4 Å². The zero-order valence-corrected chi connectivity index (χ0v) is 15.3. The second kappa shape index (κ2) is 7.81. The van der Waals surface area contributed by atoms with Crippen molar-refractivity contribution in [1.82, 2.24) is 4.90 Å². The quantitative estimate of drug-likeness (QED) is 0.322. The van der Waals surface area contributed by atoms with Crippen molar-refractivity contribution in [3.63, 3.8) is 0 Å². The molecule has 0 bridgehead atoms. The first-order valence-electron chi connectivity index (χ1n) is 7.59. The lowest BCUT2D eigenvalue weighted by Crippen LogP contribution is -2.31. The van der Waals surface area contributed by atoms with Crippen LogP contribution in [-0.4, -0.2) is 40.3 Å². The number of furan rings is 1. The fourth-order valence-corrected chi connectivity index (χ4v) is 3.71. The van der Waals surface area contributed by atoms with E-state index < -0.39 is 4.92 Å². The predicted octanol–water partition coefficient (Wildman–Crippen LogP) is 3.70.